The smallest absolute Gasteiger partial charge is 0.417 e. The molecule has 22 heavy (non-hydrogen) atoms. The second-order valence-electron chi connectivity index (χ2n) is 5.47. The maximum atomic E-state index is 12.7. The molecule has 0 amide bonds. The Bertz CT molecular complexity index is 520. The standard InChI is InChI=1S/C16H20F3NO2/c1-22-14-7-3-2-5-13(14)6-4-10-20-11-8-15(21,9-12-20)16(17,18)19/h2-7,21H,8-12H2,1H3/b6-4+. The number of hydrogen-bond donors (Lipinski definition) is 1. The van der Waals surface area contributed by atoms with Gasteiger partial charge in [0.15, 0.2) is 5.60 Å². The van der Waals surface area contributed by atoms with Crippen molar-refractivity contribution in [3.63, 3.8) is 0 Å². The predicted octanol–water partition coefficient (Wildman–Crippen LogP) is 3.10. The van der Waals surface area contributed by atoms with Crippen LogP contribution in [0.1, 0.15) is 18.4 Å². The molecule has 6 heteroatoms. The maximum Gasteiger partial charge on any atom is 0.417 e. The molecule has 1 aliphatic rings. The fourth-order valence-electron chi connectivity index (χ4n) is 2.52. The number of halogens is 3. The van der Waals surface area contributed by atoms with Crippen molar-refractivity contribution < 1.29 is 23.0 Å². The van der Waals surface area contributed by atoms with E-state index in [0.717, 1.165) is 11.3 Å². The molecule has 0 aliphatic carbocycles. The molecule has 1 saturated heterocycles. The normalized spacial score (nSPS) is 19.5. The van der Waals surface area contributed by atoms with E-state index in [-0.39, 0.29) is 25.9 Å². The summed E-state index contributed by atoms with van der Waals surface area (Å²) < 4.78 is 43.4. The summed E-state index contributed by atoms with van der Waals surface area (Å²) in [5.41, 5.74) is -1.61. The first-order valence-electron chi connectivity index (χ1n) is 7.17. The monoisotopic (exact) mass is 315 g/mol. The molecule has 0 radical (unpaired) electrons. The molecule has 1 fully saturated rings. The van der Waals surface area contributed by atoms with Crippen LogP contribution in [-0.2, 0) is 0 Å². The van der Waals surface area contributed by atoms with Gasteiger partial charge in [-0.3, -0.25) is 4.90 Å². The van der Waals surface area contributed by atoms with Gasteiger partial charge in [-0.05, 0) is 18.9 Å². The molecule has 3 nitrogen and oxygen atoms in total. The molecule has 0 spiro atoms. The highest BCUT2D eigenvalue weighted by molar-refractivity contribution is 5.57. The van der Waals surface area contributed by atoms with Crippen LogP contribution in [0.3, 0.4) is 0 Å². The molecule has 122 valence electrons. The maximum absolute atomic E-state index is 12.7. The van der Waals surface area contributed by atoms with Crippen molar-refractivity contribution in [1.29, 1.82) is 0 Å². The van der Waals surface area contributed by atoms with Crippen LogP contribution in [0.4, 0.5) is 13.2 Å². The lowest BCUT2D eigenvalue weighted by atomic mass is 9.91. The minimum absolute atomic E-state index is 0.228. The van der Waals surface area contributed by atoms with Crippen LogP contribution in [0, 0.1) is 0 Å². The van der Waals surface area contributed by atoms with Gasteiger partial charge in [-0.15, -0.1) is 0 Å². The number of piperidine rings is 1. The molecule has 2 rings (SSSR count). The Labute approximate surface area is 128 Å². The summed E-state index contributed by atoms with van der Waals surface area (Å²) in [6.45, 7) is 1.00. The second kappa shape index (κ2) is 6.71. The molecule has 1 aromatic rings. The Balaban J connectivity index is 1.88. The Hall–Kier alpha value is -1.53. The van der Waals surface area contributed by atoms with Crippen molar-refractivity contribution in [2.24, 2.45) is 0 Å². The Kier molecular flexibility index (Phi) is 5.13. The van der Waals surface area contributed by atoms with E-state index in [2.05, 4.69) is 0 Å². The number of aliphatic hydroxyl groups is 1. The SMILES string of the molecule is COc1ccccc1/C=C/CN1CCC(O)(C(F)(F)F)CC1. The van der Waals surface area contributed by atoms with Crippen LogP contribution in [0.5, 0.6) is 5.75 Å². The average molecular weight is 315 g/mol. The van der Waals surface area contributed by atoms with Crippen molar-refractivity contribution in [1.82, 2.24) is 4.90 Å². The summed E-state index contributed by atoms with van der Waals surface area (Å²) >= 11 is 0. The fraction of sp³-hybridized carbons (Fsp3) is 0.500. The lowest BCUT2D eigenvalue weighted by Crippen LogP contribution is -2.53. The quantitative estimate of drug-likeness (QED) is 0.927. The lowest BCUT2D eigenvalue weighted by Gasteiger charge is -2.38. The van der Waals surface area contributed by atoms with E-state index >= 15 is 0 Å². The van der Waals surface area contributed by atoms with Gasteiger partial charge in [0, 0.05) is 25.2 Å². The third-order valence-electron chi connectivity index (χ3n) is 4.01. The minimum Gasteiger partial charge on any atom is -0.496 e. The molecule has 0 aromatic heterocycles. The zero-order valence-corrected chi connectivity index (χ0v) is 12.4. The highest BCUT2D eigenvalue weighted by atomic mass is 19.4. The second-order valence-corrected chi connectivity index (χ2v) is 5.47. The van der Waals surface area contributed by atoms with Crippen LogP contribution in [-0.4, -0.2) is 48.5 Å². The average Bonchev–Trinajstić information content (AvgIpc) is 2.49. The zero-order chi connectivity index (χ0) is 16.2. The van der Waals surface area contributed by atoms with Crippen LogP contribution in [0.2, 0.25) is 0 Å². The number of alkyl halides is 3. The molecule has 0 atom stereocenters. The Morgan fingerprint density at radius 2 is 1.91 bits per heavy atom. The van der Waals surface area contributed by atoms with Gasteiger partial charge in [-0.1, -0.05) is 30.4 Å². The van der Waals surface area contributed by atoms with E-state index in [1.165, 1.54) is 0 Å². The molecule has 1 aromatic carbocycles. The summed E-state index contributed by atoms with van der Waals surface area (Å²) in [6.07, 6.45) is -1.32. The predicted molar refractivity (Wildman–Crippen MR) is 78.7 cm³/mol. The minimum atomic E-state index is -4.55. The third-order valence-corrected chi connectivity index (χ3v) is 4.01. The van der Waals surface area contributed by atoms with Crippen LogP contribution < -0.4 is 4.74 Å². The van der Waals surface area contributed by atoms with Crippen LogP contribution in [0.15, 0.2) is 30.3 Å². The molecule has 1 heterocycles. The number of methoxy groups -OCH3 is 1. The summed E-state index contributed by atoms with van der Waals surface area (Å²) in [5, 5.41) is 9.61. The molecular weight excluding hydrogens is 295 g/mol. The van der Waals surface area contributed by atoms with E-state index in [1.807, 2.05) is 41.3 Å². The summed E-state index contributed by atoms with van der Waals surface area (Å²) in [7, 11) is 1.59. The van der Waals surface area contributed by atoms with Crippen LogP contribution in [0.25, 0.3) is 6.08 Å². The van der Waals surface area contributed by atoms with Crippen molar-refractivity contribution >= 4 is 6.08 Å². The number of nitrogens with zero attached hydrogens (tertiary/aromatic N) is 1. The number of para-hydroxylation sites is 1. The van der Waals surface area contributed by atoms with Crippen molar-refractivity contribution in [2.75, 3.05) is 26.7 Å². The van der Waals surface area contributed by atoms with Crippen LogP contribution >= 0.6 is 0 Å². The van der Waals surface area contributed by atoms with E-state index in [1.54, 1.807) is 7.11 Å². The van der Waals surface area contributed by atoms with E-state index in [9.17, 15) is 18.3 Å². The molecule has 0 unspecified atom stereocenters. The number of ether oxygens (including phenoxy) is 1. The fourth-order valence-corrected chi connectivity index (χ4v) is 2.52. The third kappa shape index (κ3) is 3.81. The molecule has 0 bridgehead atoms. The van der Waals surface area contributed by atoms with Gasteiger partial charge in [0.25, 0.3) is 0 Å². The zero-order valence-electron chi connectivity index (χ0n) is 12.4. The van der Waals surface area contributed by atoms with Gasteiger partial charge < -0.3 is 9.84 Å². The summed E-state index contributed by atoms with van der Waals surface area (Å²) in [4.78, 5) is 1.89. The molecule has 1 aliphatic heterocycles. The van der Waals surface area contributed by atoms with Gasteiger partial charge in [-0.2, -0.15) is 13.2 Å². The van der Waals surface area contributed by atoms with E-state index in [4.69, 9.17) is 4.74 Å². The van der Waals surface area contributed by atoms with Crippen molar-refractivity contribution in [3.05, 3.63) is 35.9 Å². The number of hydrogen-bond acceptors (Lipinski definition) is 3. The van der Waals surface area contributed by atoms with Gasteiger partial charge in [-0.25, -0.2) is 0 Å². The summed E-state index contributed by atoms with van der Waals surface area (Å²) in [6, 6.07) is 7.53. The highest BCUT2D eigenvalue weighted by Gasteiger charge is 2.54. The first kappa shape index (κ1) is 16.8. The first-order valence-corrected chi connectivity index (χ1v) is 7.17. The number of benzene rings is 1. The molecular formula is C16H20F3NO2. The molecule has 1 N–H and O–H groups in total. The van der Waals surface area contributed by atoms with E-state index in [0.29, 0.717) is 6.54 Å². The Morgan fingerprint density at radius 3 is 2.50 bits per heavy atom. The van der Waals surface area contributed by atoms with E-state index < -0.39 is 11.8 Å². The first-order chi connectivity index (χ1) is 10.4. The summed E-state index contributed by atoms with van der Waals surface area (Å²) in [5.74, 6) is 0.754. The van der Waals surface area contributed by atoms with Gasteiger partial charge >= 0.3 is 6.18 Å². The largest absolute Gasteiger partial charge is 0.496 e. The lowest BCUT2D eigenvalue weighted by molar-refractivity contribution is -0.272. The van der Waals surface area contributed by atoms with Gasteiger partial charge in [0.1, 0.15) is 5.75 Å². The Morgan fingerprint density at radius 1 is 1.27 bits per heavy atom. The van der Waals surface area contributed by atoms with Crippen molar-refractivity contribution in [3.8, 4) is 5.75 Å². The van der Waals surface area contributed by atoms with Crippen molar-refractivity contribution in [2.45, 2.75) is 24.6 Å². The topological polar surface area (TPSA) is 32.7 Å². The van der Waals surface area contributed by atoms with Gasteiger partial charge in [0.05, 0.1) is 7.11 Å². The molecule has 0 saturated carbocycles. The van der Waals surface area contributed by atoms with Gasteiger partial charge in [0.2, 0.25) is 0 Å². The number of likely N-dealkylation sites (tertiary alicyclic amines) is 1. The highest BCUT2D eigenvalue weighted by Crippen LogP contribution is 2.38. The number of rotatable bonds is 4.